The van der Waals surface area contributed by atoms with Crippen molar-refractivity contribution in [1.82, 2.24) is 0 Å². The second kappa shape index (κ2) is 5.98. The average Bonchev–Trinajstić information content (AvgIpc) is 2.50. The third-order valence-electron chi connectivity index (χ3n) is 4.00. The summed E-state index contributed by atoms with van der Waals surface area (Å²) < 4.78 is 1.11. The molecule has 3 rings (SSSR count). The number of anilines is 1. The molecule has 1 aliphatic heterocycles. The summed E-state index contributed by atoms with van der Waals surface area (Å²) >= 11 is 3.49. The summed E-state index contributed by atoms with van der Waals surface area (Å²) in [5.41, 5.74) is 10.1. The second-order valence-electron chi connectivity index (χ2n) is 5.23. The Labute approximate surface area is 128 Å². The van der Waals surface area contributed by atoms with Gasteiger partial charge >= 0.3 is 0 Å². The molecule has 1 unspecified atom stereocenters. The van der Waals surface area contributed by atoms with Gasteiger partial charge < -0.3 is 10.6 Å². The van der Waals surface area contributed by atoms with E-state index >= 15 is 0 Å². The Morgan fingerprint density at radius 3 is 2.60 bits per heavy atom. The van der Waals surface area contributed by atoms with Crippen LogP contribution in [0.25, 0.3) is 0 Å². The van der Waals surface area contributed by atoms with Crippen LogP contribution >= 0.6 is 15.9 Å². The smallest absolute Gasteiger partial charge is 0.0664 e. The van der Waals surface area contributed by atoms with Gasteiger partial charge in [0.05, 0.1) is 6.04 Å². The molecule has 0 bridgehead atoms. The van der Waals surface area contributed by atoms with Gasteiger partial charge in [-0.25, -0.2) is 0 Å². The molecule has 0 saturated heterocycles. The lowest BCUT2D eigenvalue weighted by atomic mass is 9.97. The van der Waals surface area contributed by atoms with Gasteiger partial charge in [-0.05, 0) is 42.2 Å². The SMILES string of the molecule is NCC(c1ccc(Br)cc1)N1CCCc2ccccc21. The topological polar surface area (TPSA) is 29.3 Å². The van der Waals surface area contributed by atoms with Gasteiger partial charge in [-0.3, -0.25) is 0 Å². The highest BCUT2D eigenvalue weighted by atomic mass is 79.9. The van der Waals surface area contributed by atoms with Crippen molar-refractivity contribution >= 4 is 21.6 Å². The van der Waals surface area contributed by atoms with Crippen molar-refractivity contribution < 1.29 is 0 Å². The lowest BCUT2D eigenvalue weighted by Crippen LogP contribution is -2.37. The number of para-hydroxylation sites is 1. The third-order valence-corrected chi connectivity index (χ3v) is 4.53. The van der Waals surface area contributed by atoms with Gasteiger partial charge in [0.1, 0.15) is 0 Å². The molecule has 1 heterocycles. The van der Waals surface area contributed by atoms with Crippen LogP contribution in [0.1, 0.15) is 23.6 Å². The van der Waals surface area contributed by atoms with Crippen LogP contribution in [0.4, 0.5) is 5.69 Å². The molecule has 0 spiro atoms. The number of rotatable bonds is 3. The minimum Gasteiger partial charge on any atom is -0.363 e. The maximum absolute atomic E-state index is 6.08. The molecule has 1 aliphatic rings. The molecule has 0 fully saturated rings. The van der Waals surface area contributed by atoms with Crippen molar-refractivity contribution in [2.45, 2.75) is 18.9 Å². The fourth-order valence-electron chi connectivity index (χ4n) is 3.01. The predicted molar refractivity (Wildman–Crippen MR) is 88.0 cm³/mol. The van der Waals surface area contributed by atoms with E-state index in [1.165, 1.54) is 29.7 Å². The Kier molecular flexibility index (Phi) is 4.08. The number of benzene rings is 2. The van der Waals surface area contributed by atoms with Crippen LogP contribution in [0.5, 0.6) is 0 Å². The Morgan fingerprint density at radius 1 is 1.10 bits per heavy atom. The molecule has 2 nitrogen and oxygen atoms in total. The van der Waals surface area contributed by atoms with Gasteiger partial charge in [-0.15, -0.1) is 0 Å². The fraction of sp³-hybridized carbons (Fsp3) is 0.294. The Balaban J connectivity index is 1.96. The molecule has 0 aliphatic carbocycles. The first-order valence-corrected chi connectivity index (χ1v) is 7.89. The highest BCUT2D eigenvalue weighted by molar-refractivity contribution is 9.10. The summed E-state index contributed by atoms with van der Waals surface area (Å²) in [7, 11) is 0. The van der Waals surface area contributed by atoms with Crippen molar-refractivity contribution in [3.05, 3.63) is 64.1 Å². The van der Waals surface area contributed by atoms with E-state index in [1.54, 1.807) is 0 Å². The molecule has 2 aromatic carbocycles. The summed E-state index contributed by atoms with van der Waals surface area (Å²) in [6.07, 6.45) is 2.37. The van der Waals surface area contributed by atoms with Crippen molar-refractivity contribution in [3.63, 3.8) is 0 Å². The zero-order valence-corrected chi connectivity index (χ0v) is 13.0. The van der Waals surface area contributed by atoms with Crippen LogP contribution < -0.4 is 10.6 Å². The van der Waals surface area contributed by atoms with E-state index in [0.29, 0.717) is 6.54 Å². The number of nitrogens with zero attached hydrogens (tertiary/aromatic N) is 1. The number of aryl methyl sites for hydroxylation is 1. The number of nitrogens with two attached hydrogens (primary N) is 1. The predicted octanol–water partition coefficient (Wildman–Crippen LogP) is 3.90. The van der Waals surface area contributed by atoms with E-state index in [2.05, 4.69) is 69.4 Å². The highest BCUT2D eigenvalue weighted by Gasteiger charge is 2.24. The molecule has 0 saturated carbocycles. The van der Waals surface area contributed by atoms with E-state index < -0.39 is 0 Å². The van der Waals surface area contributed by atoms with Crippen LogP contribution in [0, 0.1) is 0 Å². The van der Waals surface area contributed by atoms with E-state index in [0.717, 1.165) is 11.0 Å². The second-order valence-corrected chi connectivity index (χ2v) is 6.14. The molecule has 20 heavy (non-hydrogen) atoms. The zero-order chi connectivity index (χ0) is 13.9. The summed E-state index contributed by atoms with van der Waals surface area (Å²) in [6.45, 7) is 1.71. The summed E-state index contributed by atoms with van der Waals surface area (Å²) in [5.74, 6) is 0. The quantitative estimate of drug-likeness (QED) is 0.924. The third kappa shape index (κ3) is 2.60. The van der Waals surface area contributed by atoms with E-state index in [4.69, 9.17) is 5.73 Å². The maximum Gasteiger partial charge on any atom is 0.0664 e. The van der Waals surface area contributed by atoms with Crippen LogP contribution in [0.15, 0.2) is 53.0 Å². The van der Waals surface area contributed by atoms with Gasteiger partial charge in [-0.2, -0.15) is 0 Å². The maximum atomic E-state index is 6.08. The summed E-state index contributed by atoms with van der Waals surface area (Å²) in [5, 5.41) is 0. The van der Waals surface area contributed by atoms with Gasteiger partial charge in [0.15, 0.2) is 0 Å². The number of hydrogen-bond donors (Lipinski definition) is 1. The van der Waals surface area contributed by atoms with E-state index in [1.807, 2.05) is 0 Å². The monoisotopic (exact) mass is 330 g/mol. The Morgan fingerprint density at radius 2 is 1.85 bits per heavy atom. The minimum absolute atomic E-state index is 0.254. The van der Waals surface area contributed by atoms with Crippen LogP contribution in [0.3, 0.4) is 0 Å². The van der Waals surface area contributed by atoms with Crippen molar-refractivity contribution in [3.8, 4) is 0 Å². The van der Waals surface area contributed by atoms with E-state index in [-0.39, 0.29) is 6.04 Å². The Hall–Kier alpha value is -1.32. The van der Waals surface area contributed by atoms with Crippen LogP contribution in [0.2, 0.25) is 0 Å². The molecule has 0 amide bonds. The minimum atomic E-state index is 0.254. The summed E-state index contributed by atoms with van der Waals surface area (Å²) in [4.78, 5) is 2.46. The van der Waals surface area contributed by atoms with Crippen LogP contribution in [-0.2, 0) is 6.42 Å². The molecule has 2 aromatic rings. The van der Waals surface area contributed by atoms with Crippen molar-refractivity contribution in [1.29, 1.82) is 0 Å². The van der Waals surface area contributed by atoms with Gasteiger partial charge in [-0.1, -0.05) is 46.3 Å². The van der Waals surface area contributed by atoms with Gasteiger partial charge in [0, 0.05) is 23.2 Å². The standard InChI is InChI=1S/C17H19BrN2/c18-15-9-7-14(8-10-15)17(12-19)20-11-3-5-13-4-1-2-6-16(13)20/h1-2,4,6-10,17H,3,5,11-12,19H2. The highest BCUT2D eigenvalue weighted by Crippen LogP contribution is 2.33. The number of hydrogen-bond acceptors (Lipinski definition) is 2. The first-order chi connectivity index (χ1) is 9.79. The normalized spacial score (nSPS) is 15.8. The molecular formula is C17H19BrN2. The van der Waals surface area contributed by atoms with Crippen molar-refractivity contribution in [2.24, 2.45) is 5.73 Å². The average molecular weight is 331 g/mol. The molecule has 0 radical (unpaired) electrons. The van der Waals surface area contributed by atoms with Gasteiger partial charge in [0.25, 0.3) is 0 Å². The molecule has 2 N–H and O–H groups in total. The van der Waals surface area contributed by atoms with Gasteiger partial charge in [0.2, 0.25) is 0 Å². The lowest BCUT2D eigenvalue weighted by Gasteiger charge is -2.37. The fourth-order valence-corrected chi connectivity index (χ4v) is 3.28. The number of fused-ring (bicyclic) bond motifs is 1. The molecular weight excluding hydrogens is 312 g/mol. The van der Waals surface area contributed by atoms with Crippen LogP contribution in [-0.4, -0.2) is 13.1 Å². The molecule has 104 valence electrons. The number of halogens is 1. The molecule has 3 heteroatoms. The largest absolute Gasteiger partial charge is 0.363 e. The Bertz CT molecular complexity index is 580. The summed E-state index contributed by atoms with van der Waals surface area (Å²) in [6, 6.07) is 17.5. The van der Waals surface area contributed by atoms with E-state index in [9.17, 15) is 0 Å². The first kappa shape index (κ1) is 13.7. The van der Waals surface area contributed by atoms with Crippen molar-refractivity contribution in [2.75, 3.05) is 18.0 Å². The molecule has 1 atom stereocenters. The lowest BCUT2D eigenvalue weighted by molar-refractivity contribution is 0.588. The molecule has 0 aromatic heterocycles. The zero-order valence-electron chi connectivity index (χ0n) is 11.4. The first-order valence-electron chi connectivity index (χ1n) is 7.09.